The van der Waals surface area contributed by atoms with Crippen LogP contribution in [-0.4, -0.2) is 52.3 Å². The van der Waals surface area contributed by atoms with Gasteiger partial charge < -0.3 is 19.5 Å². The molecule has 23 heavy (non-hydrogen) atoms. The van der Waals surface area contributed by atoms with Crippen LogP contribution in [0.4, 0.5) is 0 Å². The summed E-state index contributed by atoms with van der Waals surface area (Å²) in [6.07, 6.45) is 0. The van der Waals surface area contributed by atoms with Crippen molar-refractivity contribution in [3.8, 4) is 10.8 Å². The molecule has 0 saturated heterocycles. The number of rotatable bonds is 6. The fourth-order valence-corrected chi connectivity index (χ4v) is 3.18. The zero-order valence-corrected chi connectivity index (χ0v) is 13.1. The molecule has 1 aromatic carbocycles. The molecule has 0 fully saturated rings. The van der Waals surface area contributed by atoms with E-state index in [2.05, 4.69) is 4.98 Å². The van der Waals surface area contributed by atoms with E-state index in [9.17, 15) is 4.79 Å². The van der Waals surface area contributed by atoms with Gasteiger partial charge in [0.25, 0.3) is 5.91 Å². The average molecular weight is 332 g/mol. The largest absolute Gasteiger partial charge is 0.448 e. The Labute approximate surface area is 136 Å². The molecule has 0 aliphatic rings. The molecule has 2 heterocycles. The maximum atomic E-state index is 12.3. The maximum absolute atomic E-state index is 12.3. The molecule has 3 aromatic rings. The number of carbonyl (C=O) groups is 1. The van der Waals surface area contributed by atoms with Gasteiger partial charge in [-0.3, -0.25) is 4.79 Å². The summed E-state index contributed by atoms with van der Waals surface area (Å²) >= 11 is 1.49. The van der Waals surface area contributed by atoms with Crippen LogP contribution in [0.5, 0.6) is 0 Å². The Kier molecular flexibility index (Phi) is 4.71. The number of aliphatic hydroxyl groups is 2. The summed E-state index contributed by atoms with van der Waals surface area (Å²) in [6.45, 7) is -0.0402. The molecule has 0 bridgehead atoms. The van der Waals surface area contributed by atoms with E-state index < -0.39 is 0 Å². The van der Waals surface area contributed by atoms with Crippen LogP contribution in [0.2, 0.25) is 0 Å². The van der Waals surface area contributed by atoms with Crippen LogP contribution in [0.3, 0.4) is 0 Å². The molecule has 1 amide bonds. The van der Waals surface area contributed by atoms with Gasteiger partial charge in [0, 0.05) is 13.1 Å². The van der Waals surface area contributed by atoms with Crippen LogP contribution < -0.4 is 0 Å². The zero-order valence-electron chi connectivity index (χ0n) is 12.3. The smallest absolute Gasteiger partial charge is 0.289 e. The van der Waals surface area contributed by atoms with E-state index in [4.69, 9.17) is 14.6 Å². The van der Waals surface area contributed by atoms with E-state index in [1.54, 1.807) is 12.1 Å². The molecule has 6 nitrogen and oxygen atoms in total. The first-order valence-corrected chi connectivity index (χ1v) is 8.01. The third-order valence-corrected chi connectivity index (χ3v) is 4.40. The van der Waals surface area contributed by atoms with Crippen molar-refractivity contribution >= 4 is 27.5 Å². The molecule has 0 spiro atoms. The van der Waals surface area contributed by atoms with Gasteiger partial charge in [-0.2, -0.15) is 0 Å². The van der Waals surface area contributed by atoms with Gasteiger partial charge in [0.2, 0.25) is 0 Å². The average Bonchev–Trinajstić information content (AvgIpc) is 3.20. The minimum atomic E-state index is -0.361. The highest BCUT2D eigenvalue weighted by Crippen LogP contribution is 2.31. The number of aromatic nitrogens is 1. The number of aliphatic hydroxyl groups excluding tert-OH is 2. The second kappa shape index (κ2) is 6.91. The van der Waals surface area contributed by atoms with Gasteiger partial charge in [0.15, 0.2) is 16.5 Å². The van der Waals surface area contributed by atoms with Gasteiger partial charge in [0.1, 0.15) is 0 Å². The number of furan rings is 1. The highest BCUT2D eigenvalue weighted by Gasteiger charge is 2.20. The van der Waals surface area contributed by atoms with Gasteiger partial charge in [-0.15, -0.1) is 11.3 Å². The van der Waals surface area contributed by atoms with E-state index in [1.165, 1.54) is 16.2 Å². The lowest BCUT2D eigenvalue weighted by atomic mass is 10.3. The summed E-state index contributed by atoms with van der Waals surface area (Å²) in [4.78, 5) is 18.2. The first-order valence-electron chi connectivity index (χ1n) is 7.19. The molecule has 7 heteroatoms. The van der Waals surface area contributed by atoms with Crippen molar-refractivity contribution in [3.05, 3.63) is 42.2 Å². The number of carbonyl (C=O) groups excluding carboxylic acids is 1. The second-order valence-corrected chi connectivity index (χ2v) is 5.92. The van der Waals surface area contributed by atoms with Crippen LogP contribution >= 0.6 is 11.3 Å². The predicted molar refractivity (Wildman–Crippen MR) is 87.4 cm³/mol. The minimum absolute atomic E-state index is 0.149. The van der Waals surface area contributed by atoms with Crippen molar-refractivity contribution in [1.29, 1.82) is 0 Å². The summed E-state index contributed by atoms with van der Waals surface area (Å²) in [6, 6.07) is 11.1. The Balaban J connectivity index is 1.85. The highest BCUT2D eigenvalue weighted by molar-refractivity contribution is 7.21. The van der Waals surface area contributed by atoms with Gasteiger partial charge in [-0.1, -0.05) is 12.1 Å². The van der Waals surface area contributed by atoms with E-state index in [0.717, 1.165) is 10.2 Å². The summed E-state index contributed by atoms with van der Waals surface area (Å²) in [5, 5.41) is 18.7. The van der Waals surface area contributed by atoms with E-state index in [0.29, 0.717) is 10.8 Å². The minimum Gasteiger partial charge on any atom is -0.448 e. The van der Waals surface area contributed by atoms with Crippen molar-refractivity contribution in [2.75, 3.05) is 26.3 Å². The third-order valence-electron chi connectivity index (χ3n) is 3.35. The van der Waals surface area contributed by atoms with Crippen molar-refractivity contribution in [1.82, 2.24) is 9.88 Å². The van der Waals surface area contributed by atoms with Gasteiger partial charge in [0.05, 0.1) is 23.4 Å². The fraction of sp³-hybridized carbons (Fsp3) is 0.250. The molecule has 0 unspecified atom stereocenters. The highest BCUT2D eigenvalue weighted by atomic mass is 32.1. The molecule has 0 aliphatic carbocycles. The second-order valence-electron chi connectivity index (χ2n) is 4.89. The number of hydrogen-bond donors (Lipinski definition) is 2. The molecule has 0 saturated carbocycles. The van der Waals surface area contributed by atoms with Gasteiger partial charge in [-0.25, -0.2) is 4.98 Å². The van der Waals surface area contributed by atoms with Crippen LogP contribution in [0.1, 0.15) is 10.6 Å². The lowest BCUT2D eigenvalue weighted by molar-refractivity contribution is 0.0654. The van der Waals surface area contributed by atoms with Crippen LogP contribution in [0, 0.1) is 0 Å². The van der Waals surface area contributed by atoms with Crippen molar-refractivity contribution in [3.63, 3.8) is 0 Å². The first-order chi connectivity index (χ1) is 11.2. The number of nitrogens with zero attached hydrogens (tertiary/aromatic N) is 2. The topological polar surface area (TPSA) is 86.8 Å². The van der Waals surface area contributed by atoms with E-state index in [-0.39, 0.29) is 38.0 Å². The number of para-hydroxylation sites is 1. The lowest BCUT2D eigenvalue weighted by Gasteiger charge is -2.18. The standard InChI is InChI=1S/C16H16N2O4S/c19-9-7-18(8-10-20)16(21)13-6-5-12(22-13)15-17-11-3-1-2-4-14(11)23-15/h1-6,19-20H,7-10H2. The Morgan fingerprint density at radius 2 is 1.87 bits per heavy atom. The van der Waals surface area contributed by atoms with E-state index >= 15 is 0 Å². The Morgan fingerprint density at radius 3 is 2.57 bits per heavy atom. The van der Waals surface area contributed by atoms with Crippen LogP contribution in [0.15, 0.2) is 40.8 Å². The van der Waals surface area contributed by atoms with Crippen LogP contribution in [0.25, 0.3) is 21.0 Å². The lowest BCUT2D eigenvalue weighted by Crippen LogP contribution is -2.35. The Bertz CT molecular complexity index is 772. The van der Waals surface area contributed by atoms with Crippen molar-refractivity contribution in [2.24, 2.45) is 0 Å². The Morgan fingerprint density at radius 1 is 1.13 bits per heavy atom. The summed E-state index contributed by atoms with van der Waals surface area (Å²) in [5.74, 6) is 0.337. The molecular formula is C16H16N2O4S. The molecule has 120 valence electrons. The summed E-state index contributed by atoms with van der Waals surface area (Å²) in [5.41, 5.74) is 0.888. The SMILES string of the molecule is O=C(c1ccc(-c2nc3ccccc3s2)o1)N(CCO)CCO. The first kappa shape index (κ1) is 15.7. The fourth-order valence-electron chi connectivity index (χ4n) is 2.26. The van der Waals surface area contributed by atoms with Crippen LogP contribution in [-0.2, 0) is 0 Å². The Hall–Kier alpha value is -2.22. The molecule has 2 N–H and O–H groups in total. The number of thiazole rings is 1. The molecule has 0 aliphatic heterocycles. The van der Waals surface area contributed by atoms with E-state index in [1.807, 2.05) is 24.3 Å². The van der Waals surface area contributed by atoms with Gasteiger partial charge >= 0.3 is 0 Å². The quantitative estimate of drug-likeness (QED) is 0.721. The summed E-state index contributed by atoms with van der Waals surface area (Å²) in [7, 11) is 0. The van der Waals surface area contributed by atoms with Crippen molar-refractivity contribution in [2.45, 2.75) is 0 Å². The molecular weight excluding hydrogens is 316 g/mol. The molecule has 0 atom stereocenters. The molecule has 0 radical (unpaired) electrons. The molecule has 3 rings (SSSR count). The number of benzene rings is 1. The zero-order chi connectivity index (χ0) is 16.2. The third kappa shape index (κ3) is 3.26. The molecule has 2 aromatic heterocycles. The summed E-state index contributed by atoms with van der Waals surface area (Å²) < 4.78 is 6.68. The number of fused-ring (bicyclic) bond motifs is 1. The monoisotopic (exact) mass is 332 g/mol. The van der Waals surface area contributed by atoms with Gasteiger partial charge in [-0.05, 0) is 24.3 Å². The number of hydrogen-bond acceptors (Lipinski definition) is 6. The maximum Gasteiger partial charge on any atom is 0.289 e. The number of amides is 1. The normalized spacial score (nSPS) is 11.0. The van der Waals surface area contributed by atoms with Crippen molar-refractivity contribution < 1.29 is 19.4 Å². The predicted octanol–water partition coefficient (Wildman–Crippen LogP) is 1.98.